The van der Waals surface area contributed by atoms with Gasteiger partial charge in [0.1, 0.15) is 11.4 Å². The maximum absolute atomic E-state index is 14.3. The third-order valence-corrected chi connectivity index (χ3v) is 4.15. The summed E-state index contributed by atoms with van der Waals surface area (Å²) in [5, 5.41) is 0. The van der Waals surface area contributed by atoms with Crippen molar-refractivity contribution in [2.24, 2.45) is 4.99 Å². The minimum Gasteiger partial charge on any atom is -0.444 e. The molecule has 7 heteroatoms. The molecule has 1 heterocycles. The van der Waals surface area contributed by atoms with E-state index in [1.54, 1.807) is 17.0 Å². The molecule has 0 spiro atoms. The van der Waals surface area contributed by atoms with Crippen molar-refractivity contribution in [3.63, 3.8) is 0 Å². The second kappa shape index (κ2) is 7.66. The molecular weight excluding hydrogens is 325 g/mol. The fraction of sp³-hybridized carbons (Fsp3) is 0.556. The summed E-state index contributed by atoms with van der Waals surface area (Å²) >= 11 is 0. The van der Waals surface area contributed by atoms with Crippen LogP contribution in [-0.4, -0.2) is 48.9 Å². The molecule has 2 rings (SSSR count). The maximum Gasteiger partial charge on any atom is 0.410 e. The van der Waals surface area contributed by atoms with Crippen LogP contribution in [-0.2, 0) is 9.53 Å². The smallest absolute Gasteiger partial charge is 0.410 e. The van der Waals surface area contributed by atoms with Crippen molar-refractivity contribution in [1.29, 1.82) is 0 Å². The van der Waals surface area contributed by atoms with E-state index < -0.39 is 11.4 Å². The fourth-order valence-corrected chi connectivity index (χ4v) is 2.86. The lowest BCUT2D eigenvalue weighted by atomic mass is 10.0. The van der Waals surface area contributed by atoms with Gasteiger partial charge in [-0.05, 0) is 45.7 Å². The Hall–Kier alpha value is -2.40. The summed E-state index contributed by atoms with van der Waals surface area (Å²) in [7, 11) is 1.83. The largest absolute Gasteiger partial charge is 0.444 e. The number of piperidine rings is 1. The van der Waals surface area contributed by atoms with Crippen LogP contribution in [0.25, 0.3) is 0 Å². The first-order chi connectivity index (χ1) is 11.7. The van der Waals surface area contributed by atoms with Crippen molar-refractivity contribution in [3.8, 4) is 0 Å². The lowest BCUT2D eigenvalue weighted by Crippen LogP contribution is -2.47. The average Bonchev–Trinajstić information content (AvgIpc) is 2.53. The molecule has 1 aromatic rings. The van der Waals surface area contributed by atoms with Gasteiger partial charge < -0.3 is 14.5 Å². The lowest BCUT2D eigenvalue weighted by Gasteiger charge is -2.38. The number of likely N-dealkylation sites (tertiary alicyclic amines) is 1. The zero-order valence-corrected chi connectivity index (χ0v) is 15.1. The van der Waals surface area contributed by atoms with Crippen molar-refractivity contribution in [2.75, 3.05) is 25.0 Å². The number of anilines is 1. The van der Waals surface area contributed by atoms with Gasteiger partial charge in [-0.15, -0.1) is 0 Å². The second-order valence-electron chi connectivity index (χ2n) is 7.15. The maximum atomic E-state index is 14.3. The topological polar surface area (TPSA) is 62.2 Å². The molecular formula is C18H24FN3O3. The molecule has 0 N–H and O–H groups in total. The Bertz CT molecular complexity index is 673. The van der Waals surface area contributed by atoms with Crippen molar-refractivity contribution < 1.29 is 18.7 Å². The zero-order chi connectivity index (χ0) is 18.6. The lowest BCUT2D eigenvalue weighted by molar-refractivity contribution is 0.0205. The third-order valence-electron chi connectivity index (χ3n) is 4.15. The number of nitrogens with zero attached hydrogens (tertiary/aromatic N) is 3. The molecule has 0 bridgehead atoms. The number of isocyanates is 1. The summed E-state index contributed by atoms with van der Waals surface area (Å²) in [6.45, 7) is 6.66. The van der Waals surface area contributed by atoms with Crippen molar-refractivity contribution in [1.82, 2.24) is 4.90 Å². The van der Waals surface area contributed by atoms with Crippen LogP contribution in [0.4, 0.5) is 20.6 Å². The van der Waals surface area contributed by atoms with E-state index in [1.807, 2.05) is 32.7 Å². The monoisotopic (exact) mass is 349 g/mol. The summed E-state index contributed by atoms with van der Waals surface area (Å²) in [6, 6.07) is 4.52. The van der Waals surface area contributed by atoms with Gasteiger partial charge in [0.2, 0.25) is 6.08 Å². The van der Waals surface area contributed by atoms with Crippen LogP contribution in [0, 0.1) is 5.82 Å². The number of carbonyl (C=O) groups excluding carboxylic acids is 2. The number of hydrogen-bond acceptors (Lipinski definition) is 5. The van der Waals surface area contributed by atoms with Crippen LogP contribution < -0.4 is 4.90 Å². The van der Waals surface area contributed by atoms with Gasteiger partial charge in [-0.3, -0.25) is 0 Å². The van der Waals surface area contributed by atoms with Gasteiger partial charge in [0.05, 0.1) is 11.4 Å². The predicted octanol–water partition coefficient (Wildman–Crippen LogP) is 3.63. The van der Waals surface area contributed by atoms with E-state index in [9.17, 15) is 14.0 Å². The quantitative estimate of drug-likeness (QED) is 0.617. The van der Waals surface area contributed by atoms with Crippen LogP contribution in [0.1, 0.15) is 33.6 Å². The van der Waals surface area contributed by atoms with Gasteiger partial charge in [0, 0.05) is 32.2 Å². The molecule has 25 heavy (non-hydrogen) atoms. The minimum absolute atomic E-state index is 0.119. The molecule has 0 aliphatic carbocycles. The van der Waals surface area contributed by atoms with Gasteiger partial charge in [0.25, 0.3) is 0 Å². The Labute approximate surface area is 147 Å². The highest BCUT2D eigenvalue weighted by molar-refractivity contribution is 5.68. The van der Waals surface area contributed by atoms with Crippen LogP contribution >= 0.6 is 0 Å². The Balaban J connectivity index is 1.98. The number of halogens is 1. The van der Waals surface area contributed by atoms with Gasteiger partial charge >= 0.3 is 6.09 Å². The van der Waals surface area contributed by atoms with Crippen LogP contribution in [0.3, 0.4) is 0 Å². The number of rotatable bonds is 3. The molecule has 0 atom stereocenters. The molecule has 1 aliphatic rings. The van der Waals surface area contributed by atoms with Gasteiger partial charge in [0.15, 0.2) is 0 Å². The predicted molar refractivity (Wildman–Crippen MR) is 93.4 cm³/mol. The average molecular weight is 349 g/mol. The molecule has 0 radical (unpaired) electrons. The van der Waals surface area contributed by atoms with Crippen molar-refractivity contribution in [3.05, 3.63) is 24.0 Å². The molecule has 0 saturated carbocycles. The Morgan fingerprint density at radius 1 is 1.36 bits per heavy atom. The van der Waals surface area contributed by atoms with E-state index >= 15 is 0 Å². The first-order valence-corrected chi connectivity index (χ1v) is 8.29. The standard InChI is InChI=1S/C18H24FN3O3/c1-18(2,3)25-17(24)22-9-7-14(8-10-22)21(4)16-6-5-13(20-12-23)11-15(16)19/h5-6,11,14H,7-10H2,1-4H3. The summed E-state index contributed by atoms with van der Waals surface area (Å²) in [6.07, 6.45) is 2.54. The van der Waals surface area contributed by atoms with E-state index in [0.29, 0.717) is 18.8 Å². The molecule has 6 nitrogen and oxygen atoms in total. The molecule has 1 fully saturated rings. The van der Waals surface area contributed by atoms with Crippen molar-refractivity contribution >= 4 is 23.5 Å². The fourth-order valence-electron chi connectivity index (χ4n) is 2.86. The number of amides is 1. The van der Waals surface area contributed by atoms with Crippen LogP contribution in [0.15, 0.2) is 23.2 Å². The number of carbonyl (C=O) groups is 1. The number of hydrogen-bond donors (Lipinski definition) is 0. The Morgan fingerprint density at radius 2 is 2.00 bits per heavy atom. The van der Waals surface area contributed by atoms with Gasteiger partial charge in [-0.2, -0.15) is 4.99 Å². The highest BCUT2D eigenvalue weighted by atomic mass is 19.1. The first kappa shape index (κ1) is 18.9. The third kappa shape index (κ3) is 5.03. The number of ether oxygens (including phenoxy) is 1. The number of benzene rings is 1. The SMILES string of the molecule is CN(c1ccc(N=C=O)cc1F)C1CCN(C(=O)OC(C)(C)C)CC1. The molecule has 1 aliphatic heterocycles. The summed E-state index contributed by atoms with van der Waals surface area (Å²) < 4.78 is 19.6. The summed E-state index contributed by atoms with van der Waals surface area (Å²) in [4.78, 5) is 29.3. The first-order valence-electron chi connectivity index (χ1n) is 8.29. The molecule has 0 unspecified atom stereocenters. The Morgan fingerprint density at radius 3 is 2.52 bits per heavy atom. The number of aliphatic imine (C=N–C) groups is 1. The van der Waals surface area contributed by atoms with Crippen LogP contribution in [0.2, 0.25) is 0 Å². The summed E-state index contributed by atoms with van der Waals surface area (Å²) in [5.41, 5.74) is 0.171. The van der Waals surface area contributed by atoms with Gasteiger partial charge in [-0.1, -0.05) is 0 Å². The molecule has 1 aromatic carbocycles. The van der Waals surface area contributed by atoms with E-state index in [0.717, 1.165) is 12.8 Å². The summed E-state index contributed by atoms with van der Waals surface area (Å²) in [5.74, 6) is -0.437. The van der Waals surface area contributed by atoms with E-state index in [-0.39, 0.29) is 17.8 Å². The van der Waals surface area contributed by atoms with E-state index in [2.05, 4.69) is 4.99 Å². The van der Waals surface area contributed by atoms with E-state index in [1.165, 1.54) is 12.1 Å². The highest BCUT2D eigenvalue weighted by Gasteiger charge is 2.29. The molecule has 1 saturated heterocycles. The minimum atomic E-state index is -0.514. The van der Waals surface area contributed by atoms with Gasteiger partial charge in [-0.25, -0.2) is 14.0 Å². The van der Waals surface area contributed by atoms with Crippen LogP contribution in [0.5, 0.6) is 0 Å². The second-order valence-corrected chi connectivity index (χ2v) is 7.15. The molecule has 1 amide bonds. The highest BCUT2D eigenvalue weighted by Crippen LogP contribution is 2.28. The Kier molecular flexibility index (Phi) is 5.80. The zero-order valence-electron chi connectivity index (χ0n) is 15.1. The van der Waals surface area contributed by atoms with E-state index in [4.69, 9.17) is 4.74 Å². The van der Waals surface area contributed by atoms with Crippen molar-refractivity contribution in [2.45, 2.75) is 45.3 Å². The molecule has 136 valence electrons. The normalized spacial score (nSPS) is 15.5. The molecule has 0 aromatic heterocycles.